The van der Waals surface area contributed by atoms with Crippen molar-refractivity contribution in [3.8, 4) is 0 Å². The molecule has 0 saturated carbocycles. The summed E-state index contributed by atoms with van der Waals surface area (Å²) in [6.07, 6.45) is 1.20. The smallest absolute Gasteiger partial charge is 0.317 e. The Hall–Kier alpha value is -2.04. The minimum atomic E-state index is -0.0843. The van der Waals surface area contributed by atoms with Gasteiger partial charge in [0.25, 0.3) is 0 Å². The molecule has 5 heteroatoms. The van der Waals surface area contributed by atoms with Gasteiger partial charge in [0.2, 0.25) is 5.91 Å². The maximum Gasteiger partial charge on any atom is 0.317 e. The van der Waals surface area contributed by atoms with Crippen LogP contribution < -0.4 is 10.6 Å². The molecule has 0 aliphatic heterocycles. The maximum absolute atomic E-state index is 11.7. The van der Waals surface area contributed by atoms with Gasteiger partial charge < -0.3 is 15.5 Å². The van der Waals surface area contributed by atoms with Crippen LogP contribution in [0.1, 0.15) is 31.4 Å². The van der Waals surface area contributed by atoms with Crippen molar-refractivity contribution in [3.05, 3.63) is 35.4 Å². The number of hydrogen-bond acceptors (Lipinski definition) is 2. The van der Waals surface area contributed by atoms with Gasteiger partial charge in [-0.1, -0.05) is 29.8 Å². The van der Waals surface area contributed by atoms with Crippen LogP contribution in [-0.4, -0.2) is 43.0 Å². The third-order valence-electron chi connectivity index (χ3n) is 3.54. The second kappa shape index (κ2) is 9.82. The van der Waals surface area contributed by atoms with Crippen LogP contribution in [0.5, 0.6) is 0 Å². The summed E-state index contributed by atoms with van der Waals surface area (Å²) in [4.78, 5) is 25.1. The van der Waals surface area contributed by atoms with Gasteiger partial charge in [-0.25, -0.2) is 4.79 Å². The summed E-state index contributed by atoms with van der Waals surface area (Å²) in [6.45, 7) is 8.21. The Labute approximate surface area is 133 Å². The van der Waals surface area contributed by atoms with Gasteiger partial charge in [-0.05, 0) is 32.8 Å². The van der Waals surface area contributed by atoms with Gasteiger partial charge in [0, 0.05) is 32.6 Å². The van der Waals surface area contributed by atoms with Crippen molar-refractivity contribution >= 4 is 11.9 Å². The number of benzene rings is 1. The molecular weight excluding hydrogens is 278 g/mol. The third-order valence-corrected chi connectivity index (χ3v) is 3.54. The maximum atomic E-state index is 11.7. The Balaban J connectivity index is 2.16. The molecule has 0 aliphatic carbocycles. The summed E-state index contributed by atoms with van der Waals surface area (Å²) < 4.78 is 0. The van der Waals surface area contributed by atoms with Gasteiger partial charge in [-0.15, -0.1) is 0 Å². The number of urea groups is 1. The van der Waals surface area contributed by atoms with E-state index < -0.39 is 0 Å². The van der Waals surface area contributed by atoms with E-state index in [1.54, 1.807) is 4.90 Å². The Bertz CT molecular complexity index is 467. The van der Waals surface area contributed by atoms with Crippen molar-refractivity contribution in [1.82, 2.24) is 15.5 Å². The Morgan fingerprint density at radius 1 is 1.00 bits per heavy atom. The lowest BCUT2D eigenvalue weighted by atomic mass is 10.1. The quantitative estimate of drug-likeness (QED) is 0.723. The van der Waals surface area contributed by atoms with Crippen LogP contribution in [-0.2, 0) is 11.2 Å². The highest BCUT2D eigenvalue weighted by Gasteiger charge is 2.08. The van der Waals surface area contributed by atoms with Gasteiger partial charge >= 0.3 is 6.03 Å². The molecule has 2 N–H and O–H groups in total. The Morgan fingerprint density at radius 2 is 1.59 bits per heavy atom. The molecule has 0 unspecified atom stereocenters. The lowest BCUT2D eigenvalue weighted by Crippen LogP contribution is -2.42. The molecule has 0 atom stereocenters. The number of rotatable bonds is 8. The molecule has 122 valence electrons. The fourth-order valence-electron chi connectivity index (χ4n) is 2.09. The average molecular weight is 305 g/mol. The van der Waals surface area contributed by atoms with Gasteiger partial charge in [0.05, 0.1) is 0 Å². The second-order valence-corrected chi connectivity index (χ2v) is 5.24. The first-order chi connectivity index (χ1) is 10.6. The van der Waals surface area contributed by atoms with E-state index in [9.17, 15) is 9.59 Å². The molecule has 0 heterocycles. The predicted octanol–water partition coefficient (Wildman–Crippen LogP) is 2.10. The van der Waals surface area contributed by atoms with E-state index in [1.807, 2.05) is 32.9 Å². The van der Waals surface area contributed by atoms with Crippen LogP contribution in [0.15, 0.2) is 24.3 Å². The van der Waals surface area contributed by atoms with Gasteiger partial charge in [-0.2, -0.15) is 0 Å². The van der Waals surface area contributed by atoms with E-state index in [4.69, 9.17) is 0 Å². The molecule has 0 spiro atoms. The van der Waals surface area contributed by atoms with Crippen LogP contribution in [0.2, 0.25) is 0 Å². The highest BCUT2D eigenvalue weighted by atomic mass is 16.2. The monoisotopic (exact) mass is 305 g/mol. The minimum Gasteiger partial charge on any atom is -0.354 e. The number of nitrogens with one attached hydrogen (secondary N) is 2. The van der Waals surface area contributed by atoms with Crippen molar-refractivity contribution in [1.29, 1.82) is 0 Å². The average Bonchev–Trinajstić information content (AvgIpc) is 2.52. The van der Waals surface area contributed by atoms with Crippen molar-refractivity contribution < 1.29 is 9.59 Å². The van der Waals surface area contributed by atoms with E-state index in [0.29, 0.717) is 32.6 Å². The molecular formula is C17H27N3O2. The van der Waals surface area contributed by atoms with Crippen LogP contribution in [0.25, 0.3) is 0 Å². The van der Waals surface area contributed by atoms with Crippen molar-refractivity contribution in [3.63, 3.8) is 0 Å². The highest BCUT2D eigenvalue weighted by Crippen LogP contribution is 2.05. The summed E-state index contributed by atoms with van der Waals surface area (Å²) in [5, 5.41) is 5.61. The summed E-state index contributed by atoms with van der Waals surface area (Å²) in [6, 6.07) is 8.12. The van der Waals surface area contributed by atoms with Crippen molar-refractivity contribution in [2.45, 2.75) is 33.6 Å². The highest BCUT2D eigenvalue weighted by molar-refractivity contribution is 5.76. The minimum absolute atomic E-state index is 0.0117. The molecule has 0 fully saturated rings. The largest absolute Gasteiger partial charge is 0.354 e. The molecule has 1 aromatic rings. The van der Waals surface area contributed by atoms with Crippen molar-refractivity contribution in [2.24, 2.45) is 0 Å². The fourth-order valence-corrected chi connectivity index (χ4v) is 2.09. The number of carbonyl (C=O) groups excluding carboxylic acids is 2. The zero-order valence-corrected chi connectivity index (χ0v) is 13.8. The van der Waals surface area contributed by atoms with Crippen LogP contribution in [0, 0.1) is 6.92 Å². The number of amides is 3. The summed E-state index contributed by atoms with van der Waals surface area (Å²) in [5.41, 5.74) is 2.38. The molecule has 0 saturated heterocycles. The lowest BCUT2D eigenvalue weighted by molar-refractivity contribution is -0.121. The zero-order valence-electron chi connectivity index (χ0n) is 13.8. The van der Waals surface area contributed by atoms with E-state index >= 15 is 0 Å². The molecule has 0 radical (unpaired) electrons. The van der Waals surface area contributed by atoms with Gasteiger partial charge in [-0.3, -0.25) is 4.79 Å². The van der Waals surface area contributed by atoms with Crippen LogP contribution >= 0.6 is 0 Å². The molecule has 0 bridgehead atoms. The first kappa shape index (κ1) is 18.0. The molecule has 22 heavy (non-hydrogen) atoms. The van der Waals surface area contributed by atoms with Crippen LogP contribution in [0.4, 0.5) is 4.79 Å². The standard InChI is InChI=1S/C17H27N3O2/c1-4-20(5-2)17(22)19-13-12-18-16(21)11-10-15-8-6-14(3)7-9-15/h6-9H,4-5,10-13H2,1-3H3,(H,18,21)(H,19,22). The fraction of sp³-hybridized carbons (Fsp3) is 0.529. The SMILES string of the molecule is CCN(CC)C(=O)NCCNC(=O)CCc1ccc(C)cc1. The lowest BCUT2D eigenvalue weighted by Gasteiger charge is -2.19. The zero-order chi connectivity index (χ0) is 16.4. The normalized spacial score (nSPS) is 10.1. The predicted molar refractivity (Wildman–Crippen MR) is 88.8 cm³/mol. The summed E-state index contributed by atoms with van der Waals surface area (Å²) >= 11 is 0. The third kappa shape index (κ3) is 6.61. The molecule has 1 aromatic carbocycles. The molecule has 5 nitrogen and oxygen atoms in total. The van der Waals surface area contributed by atoms with Crippen LogP contribution in [0.3, 0.4) is 0 Å². The Morgan fingerprint density at radius 3 is 2.18 bits per heavy atom. The summed E-state index contributed by atoms with van der Waals surface area (Å²) in [5.74, 6) is 0.0117. The van der Waals surface area contributed by atoms with E-state index in [2.05, 4.69) is 22.8 Å². The van der Waals surface area contributed by atoms with E-state index in [1.165, 1.54) is 5.56 Å². The molecule has 1 rings (SSSR count). The summed E-state index contributed by atoms with van der Waals surface area (Å²) in [7, 11) is 0. The van der Waals surface area contributed by atoms with E-state index in [0.717, 1.165) is 12.0 Å². The number of carbonyl (C=O) groups is 2. The topological polar surface area (TPSA) is 61.4 Å². The number of aryl methyl sites for hydroxylation is 2. The van der Waals surface area contributed by atoms with Crippen molar-refractivity contribution in [2.75, 3.05) is 26.2 Å². The van der Waals surface area contributed by atoms with Gasteiger partial charge in [0.1, 0.15) is 0 Å². The second-order valence-electron chi connectivity index (χ2n) is 5.24. The van der Waals surface area contributed by atoms with Gasteiger partial charge in [0.15, 0.2) is 0 Å². The molecule has 0 aliphatic rings. The first-order valence-corrected chi connectivity index (χ1v) is 7.91. The first-order valence-electron chi connectivity index (χ1n) is 7.91. The molecule has 0 aromatic heterocycles. The number of hydrogen-bond donors (Lipinski definition) is 2. The molecule has 3 amide bonds. The van der Waals surface area contributed by atoms with E-state index in [-0.39, 0.29) is 11.9 Å². The number of nitrogens with zero attached hydrogens (tertiary/aromatic N) is 1. The Kier molecular flexibility index (Phi) is 8.04.